The van der Waals surface area contributed by atoms with Crippen LogP contribution in [0.1, 0.15) is 73.1 Å². The van der Waals surface area contributed by atoms with Crippen LogP contribution in [-0.2, 0) is 14.4 Å². The topological polar surface area (TPSA) is 99.3 Å². The molecular weight excluding hydrogens is 424 g/mol. The fourth-order valence-corrected chi connectivity index (χ4v) is 4.14. The van der Waals surface area contributed by atoms with Crippen LogP contribution in [-0.4, -0.2) is 41.3 Å². The first-order valence-corrected chi connectivity index (χ1v) is 12.6. The maximum Gasteiger partial charge on any atom is 0.261 e. The summed E-state index contributed by atoms with van der Waals surface area (Å²) in [5.74, 6) is 0.334. The third-order valence-corrected chi connectivity index (χ3v) is 5.95. The Morgan fingerprint density at radius 2 is 1.94 bits per heavy atom. The molecule has 0 aromatic carbocycles. The minimum absolute atomic E-state index is 0.261. The molecule has 3 amide bonds. The van der Waals surface area contributed by atoms with E-state index >= 15 is 0 Å². The maximum atomic E-state index is 12.6. The molecule has 0 bridgehead atoms. The number of rotatable bonds is 11. The minimum atomic E-state index is -0.668. The van der Waals surface area contributed by atoms with Crippen LogP contribution in [0.5, 0.6) is 0 Å². The second-order valence-electron chi connectivity index (χ2n) is 8.39. The Balaban J connectivity index is 2.57. The monoisotopic (exact) mass is 464 g/mol. The highest BCUT2D eigenvalue weighted by Gasteiger charge is 2.26. The van der Waals surface area contributed by atoms with Crippen molar-refractivity contribution in [2.75, 3.05) is 11.5 Å². The smallest absolute Gasteiger partial charge is 0.261 e. The number of hydrogen-bond donors (Lipinski definition) is 4. The second-order valence-corrected chi connectivity index (χ2v) is 9.47. The van der Waals surface area contributed by atoms with Gasteiger partial charge in [0.15, 0.2) is 0 Å². The summed E-state index contributed by atoms with van der Waals surface area (Å²) in [5.41, 5.74) is 9.43. The summed E-state index contributed by atoms with van der Waals surface area (Å²) < 4.78 is 0. The first-order valence-electron chi connectivity index (χ1n) is 11.4. The molecule has 0 radical (unpaired) electrons. The molecule has 7 nitrogen and oxygen atoms in total. The summed E-state index contributed by atoms with van der Waals surface area (Å²) in [6.07, 6.45) is 11.7. The highest BCUT2D eigenvalue weighted by atomic mass is 32.2. The van der Waals surface area contributed by atoms with Crippen molar-refractivity contribution in [3.8, 4) is 0 Å². The molecule has 32 heavy (non-hydrogen) atoms. The predicted molar refractivity (Wildman–Crippen MR) is 133 cm³/mol. The molecule has 0 aromatic heterocycles. The van der Waals surface area contributed by atoms with Gasteiger partial charge < -0.3 is 16.1 Å². The van der Waals surface area contributed by atoms with Crippen LogP contribution >= 0.6 is 11.8 Å². The molecule has 1 aliphatic heterocycles. The first-order chi connectivity index (χ1) is 15.2. The van der Waals surface area contributed by atoms with Crippen LogP contribution in [0.3, 0.4) is 0 Å². The summed E-state index contributed by atoms with van der Waals surface area (Å²) >= 11 is 1.59. The van der Waals surface area contributed by atoms with Crippen molar-refractivity contribution in [3.63, 3.8) is 0 Å². The summed E-state index contributed by atoms with van der Waals surface area (Å²) in [6, 6.07) is -1.30. The van der Waals surface area contributed by atoms with E-state index in [9.17, 15) is 14.4 Å². The van der Waals surface area contributed by atoms with E-state index in [1.165, 1.54) is 18.1 Å². The largest absolute Gasteiger partial charge is 0.345 e. The van der Waals surface area contributed by atoms with Gasteiger partial charge in [0.25, 0.3) is 5.91 Å². The third-order valence-electron chi connectivity index (χ3n) is 4.98. The predicted octanol–water partition coefficient (Wildman–Crippen LogP) is 3.50. The van der Waals surface area contributed by atoms with Crippen molar-refractivity contribution in [1.82, 2.24) is 21.5 Å². The lowest BCUT2D eigenvalue weighted by atomic mass is 10.1. The van der Waals surface area contributed by atoms with Gasteiger partial charge in [0.2, 0.25) is 11.8 Å². The van der Waals surface area contributed by atoms with E-state index < -0.39 is 12.1 Å². The Morgan fingerprint density at radius 1 is 1.19 bits per heavy atom. The molecule has 0 aromatic rings. The Hall–Kier alpha value is -2.22. The van der Waals surface area contributed by atoms with Gasteiger partial charge in [-0.2, -0.15) is 11.8 Å². The molecule has 0 saturated carbocycles. The Labute approximate surface area is 197 Å². The van der Waals surface area contributed by atoms with Gasteiger partial charge in [-0.1, -0.05) is 42.7 Å². The number of allylic oxidation sites excluding steroid dienone is 5. The van der Waals surface area contributed by atoms with E-state index in [4.69, 9.17) is 0 Å². The average Bonchev–Trinajstić information content (AvgIpc) is 2.79. The van der Waals surface area contributed by atoms with E-state index in [2.05, 4.69) is 60.5 Å². The molecule has 2 unspecified atom stereocenters. The standard InChI is InChI=1S/C24H40N4O3S/c1-6-9-21(25-19(5)29)23(30)26-22-16-32-15-14-20(27-28-24(22)31)13-8-12-18(4)11-7-10-17(2)3/h10,12,14,21-22,27H,6-9,11,13,15-16H2,1-5H3,(H,25,29)(H,26,30)(H,28,31)/b18-12+,20-14-. The fourth-order valence-electron chi connectivity index (χ4n) is 3.21. The summed E-state index contributed by atoms with van der Waals surface area (Å²) in [4.78, 5) is 36.6. The van der Waals surface area contributed by atoms with E-state index in [-0.39, 0.29) is 17.7 Å². The van der Waals surface area contributed by atoms with Gasteiger partial charge >= 0.3 is 0 Å². The number of carbonyl (C=O) groups excluding carboxylic acids is 3. The normalized spacial score (nSPS) is 19.7. The van der Waals surface area contributed by atoms with Crippen LogP contribution in [0.15, 0.2) is 35.1 Å². The van der Waals surface area contributed by atoms with Crippen molar-refractivity contribution >= 4 is 29.5 Å². The number of hydrazine groups is 1. The van der Waals surface area contributed by atoms with E-state index in [0.717, 1.165) is 43.6 Å². The van der Waals surface area contributed by atoms with Crippen LogP contribution in [0.25, 0.3) is 0 Å². The molecule has 4 N–H and O–H groups in total. The van der Waals surface area contributed by atoms with E-state index in [1.54, 1.807) is 11.8 Å². The van der Waals surface area contributed by atoms with Crippen molar-refractivity contribution in [2.45, 2.75) is 85.2 Å². The molecule has 8 heteroatoms. The molecule has 2 atom stereocenters. The quantitative estimate of drug-likeness (QED) is 0.351. The number of hydrogen-bond acceptors (Lipinski definition) is 5. The van der Waals surface area contributed by atoms with Crippen molar-refractivity contribution < 1.29 is 14.4 Å². The molecule has 1 aliphatic rings. The summed E-state index contributed by atoms with van der Waals surface area (Å²) in [6.45, 7) is 9.71. The third kappa shape index (κ3) is 12.0. The van der Waals surface area contributed by atoms with E-state index in [0.29, 0.717) is 12.2 Å². The summed E-state index contributed by atoms with van der Waals surface area (Å²) in [5, 5.41) is 5.45. The molecular formula is C24H40N4O3S. The molecule has 0 aliphatic carbocycles. The first kappa shape index (κ1) is 27.8. The summed E-state index contributed by atoms with van der Waals surface area (Å²) in [7, 11) is 0. The fraction of sp³-hybridized carbons (Fsp3) is 0.625. The highest BCUT2D eigenvalue weighted by Crippen LogP contribution is 2.13. The molecule has 0 saturated heterocycles. The lowest BCUT2D eigenvalue weighted by molar-refractivity contribution is -0.131. The molecule has 0 spiro atoms. The highest BCUT2D eigenvalue weighted by molar-refractivity contribution is 7.99. The minimum Gasteiger partial charge on any atom is -0.345 e. The number of nitrogens with one attached hydrogen (secondary N) is 4. The zero-order valence-electron chi connectivity index (χ0n) is 20.2. The van der Waals surface area contributed by atoms with Crippen LogP contribution in [0.2, 0.25) is 0 Å². The number of carbonyl (C=O) groups is 3. The average molecular weight is 465 g/mol. The zero-order chi connectivity index (χ0) is 23.9. The van der Waals surface area contributed by atoms with E-state index in [1.807, 2.05) is 6.92 Å². The zero-order valence-corrected chi connectivity index (χ0v) is 21.0. The lowest BCUT2D eigenvalue weighted by Crippen LogP contribution is -2.56. The van der Waals surface area contributed by atoms with Crippen LogP contribution in [0.4, 0.5) is 0 Å². The van der Waals surface area contributed by atoms with Gasteiger partial charge in [-0.05, 0) is 52.9 Å². The molecule has 0 fully saturated rings. The second kappa shape index (κ2) is 15.6. The van der Waals surface area contributed by atoms with Crippen molar-refractivity contribution in [1.29, 1.82) is 0 Å². The Morgan fingerprint density at radius 3 is 2.59 bits per heavy atom. The van der Waals surface area contributed by atoms with Gasteiger partial charge in [0, 0.05) is 24.1 Å². The molecule has 1 heterocycles. The van der Waals surface area contributed by atoms with Crippen molar-refractivity contribution in [3.05, 3.63) is 35.1 Å². The lowest BCUT2D eigenvalue weighted by Gasteiger charge is -2.22. The van der Waals surface area contributed by atoms with Gasteiger partial charge in [-0.3, -0.25) is 19.8 Å². The van der Waals surface area contributed by atoms with Crippen LogP contribution in [0, 0.1) is 0 Å². The molecule has 1 rings (SSSR count). The Kier molecular flexibility index (Phi) is 13.5. The Bertz CT molecular complexity index is 727. The number of thioether (sulfide) groups is 1. The maximum absolute atomic E-state index is 12.6. The van der Waals surface area contributed by atoms with Gasteiger partial charge in [-0.25, -0.2) is 0 Å². The van der Waals surface area contributed by atoms with Gasteiger partial charge in [-0.15, -0.1) is 0 Å². The van der Waals surface area contributed by atoms with Gasteiger partial charge in [0.1, 0.15) is 12.1 Å². The molecule has 180 valence electrons. The van der Waals surface area contributed by atoms with Crippen molar-refractivity contribution in [2.24, 2.45) is 0 Å². The SMILES string of the molecule is CCCC(NC(C)=O)C(=O)NC1CSC/C=C(/CC/C=C(\C)CCC=C(C)C)NNC1=O. The van der Waals surface area contributed by atoms with Crippen LogP contribution < -0.4 is 21.5 Å². The van der Waals surface area contributed by atoms with Gasteiger partial charge in [0.05, 0.1) is 0 Å². The number of amides is 3.